The van der Waals surface area contributed by atoms with Crippen LogP contribution in [0, 0.1) is 0 Å². The first-order valence-electron chi connectivity index (χ1n) is 7.36. The number of carbonyl (C=O) groups is 1. The zero-order valence-electron chi connectivity index (χ0n) is 12.5. The highest BCUT2D eigenvalue weighted by Gasteiger charge is 2.32. The minimum Gasteiger partial charge on any atom is -0.479 e. The Balaban J connectivity index is 2.00. The molecule has 1 N–H and O–H groups in total. The summed E-state index contributed by atoms with van der Waals surface area (Å²) in [7, 11) is 1.73. The zero-order chi connectivity index (χ0) is 15.4. The van der Waals surface area contributed by atoms with E-state index >= 15 is 0 Å². The van der Waals surface area contributed by atoms with Gasteiger partial charge in [-0.15, -0.1) is 0 Å². The van der Waals surface area contributed by atoms with Crippen LogP contribution in [-0.4, -0.2) is 41.2 Å². The predicted octanol–water partition coefficient (Wildman–Crippen LogP) is 2.87. The first kappa shape index (κ1) is 16.1. The molecule has 5 heteroatoms. The summed E-state index contributed by atoms with van der Waals surface area (Å²) in [5.41, 5.74) is 0. The van der Waals surface area contributed by atoms with Gasteiger partial charge < -0.3 is 14.7 Å². The third-order valence-electron chi connectivity index (χ3n) is 4.03. The number of aliphatic hydroxyl groups is 1. The molecule has 1 aliphatic rings. The topological polar surface area (TPSA) is 49.8 Å². The highest BCUT2D eigenvalue weighted by molar-refractivity contribution is 6.32. The number of benzene rings is 1. The second kappa shape index (κ2) is 7.14. The standard InChI is InChI=1S/C16H22ClNO3/c1-11(21-15-10-6-3-7-12(15)17)16(20)18(2)13-8-4-5-9-14(13)19/h3,6-7,10-11,13-14,19H,4-5,8-9H2,1-2H3/t11-,13-,14+/m0/s1. The maximum Gasteiger partial charge on any atom is 0.263 e. The number of carbonyl (C=O) groups excluding carboxylic acids is 1. The number of hydrogen-bond donors (Lipinski definition) is 1. The van der Waals surface area contributed by atoms with Gasteiger partial charge in [-0.05, 0) is 31.9 Å². The van der Waals surface area contributed by atoms with Gasteiger partial charge in [-0.25, -0.2) is 0 Å². The molecule has 0 heterocycles. The number of ether oxygens (including phenoxy) is 1. The first-order chi connectivity index (χ1) is 10.0. The molecule has 1 fully saturated rings. The van der Waals surface area contributed by atoms with Crippen molar-refractivity contribution in [2.75, 3.05) is 7.05 Å². The molecule has 21 heavy (non-hydrogen) atoms. The summed E-state index contributed by atoms with van der Waals surface area (Å²) in [6.07, 6.45) is 2.57. The van der Waals surface area contributed by atoms with E-state index in [9.17, 15) is 9.90 Å². The van der Waals surface area contributed by atoms with E-state index in [0.717, 1.165) is 25.7 Å². The van der Waals surface area contributed by atoms with E-state index in [1.54, 1.807) is 31.0 Å². The van der Waals surface area contributed by atoms with Gasteiger partial charge in [0, 0.05) is 7.05 Å². The lowest BCUT2D eigenvalue weighted by molar-refractivity contribution is -0.142. The lowest BCUT2D eigenvalue weighted by Gasteiger charge is -2.36. The Morgan fingerprint density at radius 1 is 1.38 bits per heavy atom. The molecule has 0 saturated heterocycles. The van der Waals surface area contributed by atoms with Crippen LogP contribution >= 0.6 is 11.6 Å². The Morgan fingerprint density at radius 3 is 2.71 bits per heavy atom. The smallest absolute Gasteiger partial charge is 0.263 e. The van der Waals surface area contributed by atoms with Gasteiger partial charge in [-0.1, -0.05) is 36.6 Å². The van der Waals surface area contributed by atoms with Gasteiger partial charge in [0.05, 0.1) is 17.2 Å². The number of amides is 1. The summed E-state index contributed by atoms with van der Waals surface area (Å²) in [6.45, 7) is 1.71. The van der Waals surface area contributed by atoms with Crippen molar-refractivity contribution >= 4 is 17.5 Å². The van der Waals surface area contributed by atoms with Gasteiger partial charge in [-0.2, -0.15) is 0 Å². The molecule has 1 amide bonds. The summed E-state index contributed by atoms with van der Waals surface area (Å²) >= 11 is 6.03. The van der Waals surface area contributed by atoms with E-state index in [2.05, 4.69) is 0 Å². The van der Waals surface area contributed by atoms with Crippen LogP contribution in [0.4, 0.5) is 0 Å². The van der Waals surface area contributed by atoms with Crippen molar-refractivity contribution in [2.45, 2.75) is 50.9 Å². The van der Waals surface area contributed by atoms with Crippen LogP contribution in [0.15, 0.2) is 24.3 Å². The highest BCUT2D eigenvalue weighted by atomic mass is 35.5. The average molecular weight is 312 g/mol. The molecule has 4 nitrogen and oxygen atoms in total. The van der Waals surface area contributed by atoms with Crippen LogP contribution in [0.5, 0.6) is 5.75 Å². The fraction of sp³-hybridized carbons (Fsp3) is 0.562. The van der Waals surface area contributed by atoms with E-state index in [-0.39, 0.29) is 11.9 Å². The summed E-state index contributed by atoms with van der Waals surface area (Å²) in [6, 6.07) is 6.97. The van der Waals surface area contributed by atoms with Crippen LogP contribution in [-0.2, 0) is 4.79 Å². The molecule has 1 saturated carbocycles. The van der Waals surface area contributed by atoms with E-state index in [0.29, 0.717) is 10.8 Å². The fourth-order valence-corrected chi connectivity index (χ4v) is 2.96. The Kier molecular flexibility index (Phi) is 5.48. The number of rotatable bonds is 4. The molecule has 3 atom stereocenters. The van der Waals surface area contributed by atoms with Crippen molar-refractivity contribution in [2.24, 2.45) is 0 Å². The quantitative estimate of drug-likeness (QED) is 0.930. The molecule has 0 aliphatic heterocycles. The van der Waals surface area contributed by atoms with Crippen LogP contribution in [0.2, 0.25) is 5.02 Å². The van der Waals surface area contributed by atoms with E-state index < -0.39 is 12.2 Å². The van der Waals surface area contributed by atoms with Crippen molar-refractivity contribution in [3.05, 3.63) is 29.3 Å². The third kappa shape index (κ3) is 3.89. The normalized spacial score (nSPS) is 23.4. The van der Waals surface area contributed by atoms with Crippen molar-refractivity contribution in [1.29, 1.82) is 0 Å². The number of aliphatic hydroxyl groups excluding tert-OH is 1. The Hall–Kier alpha value is -1.26. The highest BCUT2D eigenvalue weighted by Crippen LogP contribution is 2.26. The van der Waals surface area contributed by atoms with Crippen molar-refractivity contribution in [3.8, 4) is 5.75 Å². The molecular weight excluding hydrogens is 290 g/mol. The molecule has 0 unspecified atom stereocenters. The van der Waals surface area contributed by atoms with Crippen LogP contribution in [0.1, 0.15) is 32.6 Å². The number of nitrogens with zero attached hydrogens (tertiary/aromatic N) is 1. The number of halogens is 1. The van der Waals surface area contributed by atoms with Crippen molar-refractivity contribution in [3.63, 3.8) is 0 Å². The SMILES string of the molecule is C[C@H](Oc1ccccc1Cl)C(=O)N(C)[C@H]1CCCC[C@H]1O. The largest absolute Gasteiger partial charge is 0.479 e. The van der Waals surface area contributed by atoms with Gasteiger partial charge >= 0.3 is 0 Å². The summed E-state index contributed by atoms with van der Waals surface area (Å²) < 4.78 is 5.65. The summed E-state index contributed by atoms with van der Waals surface area (Å²) in [5, 5.41) is 10.5. The van der Waals surface area contributed by atoms with Gasteiger partial charge in [0.1, 0.15) is 5.75 Å². The van der Waals surface area contributed by atoms with Crippen LogP contribution < -0.4 is 4.74 Å². The van der Waals surface area contributed by atoms with Gasteiger partial charge in [0.15, 0.2) is 6.10 Å². The molecule has 1 aromatic rings. The van der Waals surface area contributed by atoms with E-state index in [1.807, 2.05) is 12.1 Å². The number of para-hydroxylation sites is 1. The predicted molar refractivity (Wildman–Crippen MR) is 82.6 cm³/mol. The van der Waals surface area contributed by atoms with Crippen molar-refractivity contribution in [1.82, 2.24) is 4.90 Å². The zero-order valence-corrected chi connectivity index (χ0v) is 13.2. The molecule has 2 rings (SSSR count). The maximum absolute atomic E-state index is 12.5. The molecule has 0 spiro atoms. The minimum atomic E-state index is -0.635. The molecular formula is C16H22ClNO3. The monoisotopic (exact) mass is 311 g/mol. The Morgan fingerprint density at radius 2 is 2.05 bits per heavy atom. The lowest BCUT2D eigenvalue weighted by Crippen LogP contribution is -2.50. The molecule has 1 aromatic carbocycles. The van der Waals surface area contributed by atoms with Crippen LogP contribution in [0.25, 0.3) is 0 Å². The molecule has 0 bridgehead atoms. The lowest BCUT2D eigenvalue weighted by atomic mass is 9.91. The summed E-state index contributed by atoms with van der Waals surface area (Å²) in [4.78, 5) is 14.1. The number of hydrogen-bond acceptors (Lipinski definition) is 3. The summed E-state index contributed by atoms with van der Waals surface area (Å²) in [5.74, 6) is 0.360. The maximum atomic E-state index is 12.5. The van der Waals surface area contributed by atoms with E-state index in [4.69, 9.17) is 16.3 Å². The molecule has 0 aromatic heterocycles. The van der Waals surface area contributed by atoms with Gasteiger partial charge in [-0.3, -0.25) is 4.79 Å². The second-order valence-corrected chi connectivity index (χ2v) is 5.97. The second-order valence-electron chi connectivity index (χ2n) is 5.56. The average Bonchev–Trinajstić information content (AvgIpc) is 2.48. The molecule has 0 radical (unpaired) electrons. The Labute approximate surface area is 130 Å². The number of likely N-dealkylation sites (N-methyl/N-ethyl adjacent to an activating group) is 1. The molecule has 116 valence electrons. The van der Waals surface area contributed by atoms with Gasteiger partial charge in [0.25, 0.3) is 5.91 Å². The third-order valence-corrected chi connectivity index (χ3v) is 4.34. The Bertz CT molecular complexity index is 494. The van der Waals surface area contributed by atoms with E-state index in [1.165, 1.54) is 0 Å². The minimum absolute atomic E-state index is 0.122. The first-order valence-corrected chi connectivity index (χ1v) is 7.74. The molecule has 1 aliphatic carbocycles. The van der Waals surface area contributed by atoms with Gasteiger partial charge in [0.2, 0.25) is 0 Å². The van der Waals surface area contributed by atoms with Crippen molar-refractivity contribution < 1.29 is 14.6 Å². The fourth-order valence-electron chi connectivity index (χ4n) is 2.77. The van der Waals surface area contributed by atoms with Crippen LogP contribution in [0.3, 0.4) is 0 Å².